The summed E-state index contributed by atoms with van der Waals surface area (Å²) in [6.07, 6.45) is 0.919. The summed E-state index contributed by atoms with van der Waals surface area (Å²) in [5, 5.41) is 6.55. The summed E-state index contributed by atoms with van der Waals surface area (Å²) in [7, 11) is 3.19. The Morgan fingerprint density at radius 2 is 1.91 bits per heavy atom. The van der Waals surface area contributed by atoms with Gasteiger partial charge in [-0.05, 0) is 38.0 Å². The molecular formula is C16H21N3O4. The molecule has 0 saturated heterocycles. The smallest absolute Gasteiger partial charge is 0.248 e. The SMILES string of the molecule is COc1cc(CCC(=O)N[C@H](C)c2nc(C)no2)cc(OC)c1. The van der Waals surface area contributed by atoms with E-state index in [1.54, 1.807) is 34.1 Å². The molecule has 0 radical (unpaired) electrons. The molecule has 7 nitrogen and oxygen atoms in total. The Morgan fingerprint density at radius 1 is 1.26 bits per heavy atom. The zero-order valence-corrected chi connectivity index (χ0v) is 13.8. The van der Waals surface area contributed by atoms with Gasteiger partial charge in [-0.25, -0.2) is 0 Å². The Bertz CT molecular complexity index is 647. The molecule has 0 spiro atoms. The van der Waals surface area contributed by atoms with Crippen LogP contribution < -0.4 is 14.8 Å². The van der Waals surface area contributed by atoms with Gasteiger partial charge in [0.1, 0.15) is 17.5 Å². The maximum Gasteiger partial charge on any atom is 0.248 e. The van der Waals surface area contributed by atoms with Crippen molar-refractivity contribution >= 4 is 5.91 Å². The Morgan fingerprint density at radius 3 is 2.43 bits per heavy atom. The van der Waals surface area contributed by atoms with Crippen LogP contribution in [0.4, 0.5) is 0 Å². The van der Waals surface area contributed by atoms with E-state index in [0.717, 1.165) is 5.56 Å². The number of nitrogens with zero attached hydrogens (tertiary/aromatic N) is 2. The summed E-state index contributed by atoms with van der Waals surface area (Å²) in [4.78, 5) is 16.2. The molecule has 23 heavy (non-hydrogen) atoms. The van der Waals surface area contributed by atoms with E-state index in [-0.39, 0.29) is 11.9 Å². The fourth-order valence-corrected chi connectivity index (χ4v) is 2.13. The van der Waals surface area contributed by atoms with Crippen LogP contribution >= 0.6 is 0 Å². The molecule has 1 heterocycles. The highest BCUT2D eigenvalue weighted by Crippen LogP contribution is 2.23. The number of nitrogens with one attached hydrogen (secondary N) is 1. The van der Waals surface area contributed by atoms with Crippen molar-refractivity contribution in [1.29, 1.82) is 0 Å². The van der Waals surface area contributed by atoms with E-state index in [1.165, 1.54) is 0 Å². The fourth-order valence-electron chi connectivity index (χ4n) is 2.13. The van der Waals surface area contributed by atoms with Crippen LogP contribution in [0.3, 0.4) is 0 Å². The molecule has 0 unspecified atom stereocenters. The van der Waals surface area contributed by atoms with Crippen LogP contribution in [0, 0.1) is 6.92 Å². The molecule has 124 valence electrons. The summed E-state index contributed by atoms with van der Waals surface area (Å²) in [5.74, 6) is 2.27. The van der Waals surface area contributed by atoms with Crippen LogP contribution in [0.5, 0.6) is 11.5 Å². The number of carbonyl (C=O) groups is 1. The van der Waals surface area contributed by atoms with Crippen molar-refractivity contribution < 1.29 is 18.8 Å². The number of aryl methyl sites for hydroxylation is 2. The number of methoxy groups -OCH3 is 2. The minimum Gasteiger partial charge on any atom is -0.497 e. The average Bonchev–Trinajstić information content (AvgIpc) is 2.99. The molecule has 1 atom stereocenters. The first-order valence-electron chi connectivity index (χ1n) is 7.33. The highest BCUT2D eigenvalue weighted by molar-refractivity contribution is 5.76. The molecule has 0 saturated carbocycles. The van der Waals surface area contributed by atoms with E-state index in [2.05, 4.69) is 15.5 Å². The highest BCUT2D eigenvalue weighted by atomic mass is 16.5. The number of ether oxygens (including phenoxy) is 2. The van der Waals surface area contributed by atoms with Crippen molar-refractivity contribution in [1.82, 2.24) is 15.5 Å². The van der Waals surface area contributed by atoms with Crippen LogP contribution in [0.2, 0.25) is 0 Å². The van der Waals surface area contributed by atoms with Crippen molar-refractivity contribution in [2.75, 3.05) is 14.2 Å². The number of benzene rings is 1. The van der Waals surface area contributed by atoms with Gasteiger partial charge in [-0.3, -0.25) is 4.79 Å². The van der Waals surface area contributed by atoms with Crippen LogP contribution in [-0.2, 0) is 11.2 Å². The lowest BCUT2D eigenvalue weighted by Gasteiger charge is -2.11. The van der Waals surface area contributed by atoms with Crippen LogP contribution in [0.15, 0.2) is 22.7 Å². The second-order valence-corrected chi connectivity index (χ2v) is 5.19. The van der Waals surface area contributed by atoms with Crippen LogP contribution in [0.25, 0.3) is 0 Å². The molecular weight excluding hydrogens is 298 g/mol. The molecule has 7 heteroatoms. The highest BCUT2D eigenvalue weighted by Gasteiger charge is 2.15. The maximum absolute atomic E-state index is 12.1. The Labute approximate surface area is 135 Å². The molecule has 2 aromatic rings. The number of hydrogen-bond acceptors (Lipinski definition) is 6. The maximum atomic E-state index is 12.1. The lowest BCUT2D eigenvalue weighted by atomic mass is 10.1. The summed E-state index contributed by atoms with van der Waals surface area (Å²) in [5.41, 5.74) is 0.970. The van der Waals surface area contributed by atoms with Gasteiger partial charge in [0, 0.05) is 12.5 Å². The summed E-state index contributed by atoms with van der Waals surface area (Å²) >= 11 is 0. The third kappa shape index (κ3) is 4.70. The van der Waals surface area contributed by atoms with Gasteiger partial charge in [0.25, 0.3) is 0 Å². The minimum absolute atomic E-state index is 0.0878. The van der Waals surface area contributed by atoms with Gasteiger partial charge in [0.2, 0.25) is 11.8 Å². The quantitative estimate of drug-likeness (QED) is 0.842. The van der Waals surface area contributed by atoms with Gasteiger partial charge >= 0.3 is 0 Å². The van der Waals surface area contributed by atoms with E-state index in [4.69, 9.17) is 14.0 Å². The predicted octanol–water partition coefficient (Wildman–Crippen LogP) is 2.21. The molecule has 0 aliphatic rings. The van der Waals surface area contributed by atoms with Gasteiger partial charge in [-0.1, -0.05) is 5.16 Å². The molecule has 1 aromatic heterocycles. The summed E-state index contributed by atoms with van der Waals surface area (Å²) in [6, 6.07) is 5.26. The number of rotatable bonds is 7. The largest absolute Gasteiger partial charge is 0.497 e. The predicted molar refractivity (Wildman–Crippen MR) is 83.5 cm³/mol. The monoisotopic (exact) mass is 319 g/mol. The second-order valence-electron chi connectivity index (χ2n) is 5.19. The molecule has 0 aliphatic carbocycles. The van der Waals surface area contributed by atoms with E-state index in [1.807, 2.05) is 12.1 Å². The minimum atomic E-state index is -0.316. The van der Waals surface area contributed by atoms with E-state index in [0.29, 0.717) is 36.1 Å². The van der Waals surface area contributed by atoms with Gasteiger partial charge in [-0.15, -0.1) is 0 Å². The molecule has 1 amide bonds. The van der Waals surface area contributed by atoms with Crippen molar-refractivity contribution in [3.8, 4) is 11.5 Å². The van der Waals surface area contributed by atoms with Crippen LogP contribution in [-0.4, -0.2) is 30.3 Å². The lowest BCUT2D eigenvalue weighted by molar-refractivity contribution is -0.121. The number of hydrogen-bond donors (Lipinski definition) is 1. The van der Waals surface area contributed by atoms with E-state index < -0.39 is 0 Å². The number of aromatic nitrogens is 2. The second kappa shape index (κ2) is 7.62. The van der Waals surface area contributed by atoms with E-state index in [9.17, 15) is 4.79 Å². The van der Waals surface area contributed by atoms with Crippen LogP contribution in [0.1, 0.15) is 36.7 Å². The summed E-state index contributed by atoms with van der Waals surface area (Å²) < 4.78 is 15.5. The third-order valence-corrected chi connectivity index (χ3v) is 3.34. The van der Waals surface area contributed by atoms with Crippen molar-refractivity contribution in [2.24, 2.45) is 0 Å². The van der Waals surface area contributed by atoms with Crippen molar-refractivity contribution in [2.45, 2.75) is 32.7 Å². The first kappa shape index (κ1) is 16.8. The fraction of sp³-hybridized carbons (Fsp3) is 0.438. The zero-order chi connectivity index (χ0) is 16.8. The van der Waals surface area contributed by atoms with Crippen molar-refractivity contribution in [3.05, 3.63) is 35.5 Å². The number of amides is 1. The third-order valence-electron chi connectivity index (χ3n) is 3.34. The average molecular weight is 319 g/mol. The lowest BCUT2D eigenvalue weighted by Crippen LogP contribution is -2.27. The van der Waals surface area contributed by atoms with E-state index >= 15 is 0 Å². The number of carbonyl (C=O) groups excluding carboxylic acids is 1. The first-order valence-corrected chi connectivity index (χ1v) is 7.33. The molecule has 1 N–H and O–H groups in total. The van der Waals surface area contributed by atoms with Gasteiger partial charge in [0.15, 0.2) is 5.82 Å². The Balaban J connectivity index is 1.91. The zero-order valence-electron chi connectivity index (χ0n) is 13.8. The molecule has 0 fully saturated rings. The topological polar surface area (TPSA) is 86.5 Å². The first-order chi connectivity index (χ1) is 11.0. The molecule has 1 aromatic carbocycles. The Hall–Kier alpha value is -2.57. The Kier molecular flexibility index (Phi) is 5.56. The summed E-state index contributed by atoms with van der Waals surface area (Å²) in [6.45, 7) is 3.54. The van der Waals surface area contributed by atoms with Gasteiger partial charge in [-0.2, -0.15) is 4.98 Å². The van der Waals surface area contributed by atoms with Crippen molar-refractivity contribution in [3.63, 3.8) is 0 Å². The molecule has 0 aliphatic heterocycles. The molecule has 2 rings (SSSR count). The standard InChI is InChI=1S/C16H21N3O4/c1-10(16-18-11(2)19-23-16)17-15(20)6-5-12-7-13(21-3)9-14(8-12)22-4/h7-10H,5-6H2,1-4H3,(H,17,20)/t10-/m1/s1. The molecule has 0 bridgehead atoms. The normalized spacial score (nSPS) is 11.8. The van der Waals surface area contributed by atoms with Gasteiger partial charge < -0.3 is 19.3 Å². The van der Waals surface area contributed by atoms with Gasteiger partial charge in [0.05, 0.1) is 14.2 Å².